The predicted molar refractivity (Wildman–Crippen MR) is 55.8 cm³/mol. The van der Waals surface area contributed by atoms with Crippen LogP contribution in [0.5, 0.6) is 0 Å². The predicted octanol–water partition coefficient (Wildman–Crippen LogP) is 0.964. The van der Waals surface area contributed by atoms with Crippen molar-refractivity contribution < 1.29 is 14.6 Å². The molecule has 1 heterocycles. The summed E-state index contributed by atoms with van der Waals surface area (Å²) >= 11 is 0. The van der Waals surface area contributed by atoms with Crippen LogP contribution in [0.15, 0.2) is 0 Å². The minimum Gasteiger partial charge on any atom is -0.481 e. The maximum atomic E-state index is 10.7. The fraction of sp³-hybridized carbons (Fsp3) is 0.909. The van der Waals surface area contributed by atoms with Crippen LogP contribution in [-0.2, 0) is 9.53 Å². The van der Waals surface area contributed by atoms with Gasteiger partial charge in [0.1, 0.15) is 0 Å². The molecule has 2 fully saturated rings. The molecule has 1 saturated heterocycles. The van der Waals surface area contributed by atoms with Gasteiger partial charge >= 0.3 is 5.97 Å². The monoisotopic (exact) mass is 213 g/mol. The highest BCUT2D eigenvalue weighted by Gasteiger charge is 2.45. The lowest BCUT2D eigenvalue weighted by Crippen LogP contribution is -2.33. The van der Waals surface area contributed by atoms with Crippen molar-refractivity contribution in [3.63, 3.8) is 0 Å². The van der Waals surface area contributed by atoms with Gasteiger partial charge in [-0.1, -0.05) is 0 Å². The zero-order chi connectivity index (χ0) is 10.7. The van der Waals surface area contributed by atoms with E-state index in [4.69, 9.17) is 9.84 Å². The Bertz CT molecular complexity index is 230. The first-order chi connectivity index (χ1) is 7.20. The SMILES string of the molecule is O=C(O)CC1(CN2CCCOCC2)CC1. The zero-order valence-corrected chi connectivity index (χ0v) is 9.07. The highest BCUT2D eigenvalue weighted by Crippen LogP contribution is 2.49. The van der Waals surface area contributed by atoms with E-state index < -0.39 is 5.97 Å². The number of nitrogens with zero attached hydrogens (tertiary/aromatic N) is 1. The lowest BCUT2D eigenvalue weighted by Gasteiger charge is -2.24. The Morgan fingerprint density at radius 2 is 2.13 bits per heavy atom. The molecule has 15 heavy (non-hydrogen) atoms. The smallest absolute Gasteiger partial charge is 0.303 e. The number of carbonyl (C=O) groups is 1. The Morgan fingerprint density at radius 3 is 2.80 bits per heavy atom. The minimum atomic E-state index is -0.654. The summed E-state index contributed by atoms with van der Waals surface area (Å²) < 4.78 is 5.38. The number of carboxylic acid groups (broad SMARTS) is 1. The maximum absolute atomic E-state index is 10.7. The molecule has 86 valence electrons. The van der Waals surface area contributed by atoms with Gasteiger partial charge in [0.05, 0.1) is 13.0 Å². The Morgan fingerprint density at radius 1 is 1.33 bits per heavy atom. The average molecular weight is 213 g/mol. The van der Waals surface area contributed by atoms with E-state index in [0.717, 1.165) is 52.1 Å². The molecule has 2 aliphatic rings. The van der Waals surface area contributed by atoms with Crippen LogP contribution in [0.1, 0.15) is 25.7 Å². The third-order valence-electron chi connectivity index (χ3n) is 3.36. The molecule has 0 aromatic heterocycles. The van der Waals surface area contributed by atoms with Gasteiger partial charge in [-0.25, -0.2) is 0 Å². The number of hydrogen-bond acceptors (Lipinski definition) is 3. The average Bonchev–Trinajstić information content (AvgIpc) is 2.91. The first-order valence-corrected chi connectivity index (χ1v) is 5.72. The Labute approximate surface area is 90.2 Å². The van der Waals surface area contributed by atoms with Crippen molar-refractivity contribution in [1.29, 1.82) is 0 Å². The molecule has 1 aliphatic carbocycles. The van der Waals surface area contributed by atoms with Crippen LogP contribution in [0.2, 0.25) is 0 Å². The van der Waals surface area contributed by atoms with Crippen LogP contribution in [-0.4, -0.2) is 48.8 Å². The molecule has 0 unspecified atom stereocenters. The van der Waals surface area contributed by atoms with Crippen LogP contribution < -0.4 is 0 Å². The molecule has 0 aromatic rings. The van der Waals surface area contributed by atoms with Gasteiger partial charge in [0, 0.05) is 26.2 Å². The van der Waals surface area contributed by atoms with Crippen molar-refractivity contribution in [2.24, 2.45) is 5.41 Å². The quantitative estimate of drug-likeness (QED) is 0.755. The zero-order valence-electron chi connectivity index (χ0n) is 9.07. The molecule has 4 nitrogen and oxygen atoms in total. The van der Waals surface area contributed by atoms with Crippen LogP contribution in [0.4, 0.5) is 0 Å². The lowest BCUT2D eigenvalue weighted by molar-refractivity contribution is -0.138. The fourth-order valence-corrected chi connectivity index (χ4v) is 2.32. The molecule has 2 rings (SSSR count). The summed E-state index contributed by atoms with van der Waals surface area (Å²) in [6.45, 7) is 4.61. The first kappa shape index (κ1) is 10.9. The second-order valence-electron chi connectivity index (χ2n) is 4.81. The van der Waals surface area contributed by atoms with Crippen molar-refractivity contribution in [1.82, 2.24) is 4.90 Å². The molecule has 0 amide bonds. The number of carboxylic acids is 1. The Balaban J connectivity index is 1.81. The van der Waals surface area contributed by atoms with Gasteiger partial charge in [0.2, 0.25) is 0 Å². The van der Waals surface area contributed by atoms with E-state index in [0.29, 0.717) is 6.42 Å². The summed E-state index contributed by atoms with van der Waals surface area (Å²) in [6.07, 6.45) is 3.57. The molecule has 0 spiro atoms. The second kappa shape index (κ2) is 4.49. The van der Waals surface area contributed by atoms with Crippen LogP contribution in [0.3, 0.4) is 0 Å². The number of aliphatic carboxylic acids is 1. The van der Waals surface area contributed by atoms with Crippen molar-refractivity contribution in [3.05, 3.63) is 0 Å². The lowest BCUT2D eigenvalue weighted by atomic mass is 10.0. The highest BCUT2D eigenvalue weighted by molar-refractivity contribution is 5.68. The number of ether oxygens (including phenoxy) is 1. The molecule has 4 heteroatoms. The number of hydrogen-bond donors (Lipinski definition) is 1. The van der Waals surface area contributed by atoms with Crippen LogP contribution >= 0.6 is 0 Å². The first-order valence-electron chi connectivity index (χ1n) is 5.72. The molecule has 1 aliphatic heterocycles. The van der Waals surface area contributed by atoms with Gasteiger partial charge in [-0.05, 0) is 24.7 Å². The van der Waals surface area contributed by atoms with Crippen molar-refractivity contribution in [2.75, 3.05) is 32.8 Å². The summed E-state index contributed by atoms with van der Waals surface area (Å²) in [4.78, 5) is 13.1. The molecule has 0 aromatic carbocycles. The topological polar surface area (TPSA) is 49.8 Å². The third kappa shape index (κ3) is 3.18. The third-order valence-corrected chi connectivity index (χ3v) is 3.36. The molecule has 1 N–H and O–H groups in total. The van der Waals surface area contributed by atoms with Gasteiger partial charge in [-0.2, -0.15) is 0 Å². The summed E-state index contributed by atoms with van der Waals surface area (Å²) in [5.41, 5.74) is 0.0934. The van der Waals surface area contributed by atoms with E-state index in [9.17, 15) is 4.79 Å². The van der Waals surface area contributed by atoms with E-state index >= 15 is 0 Å². The molecule has 1 saturated carbocycles. The van der Waals surface area contributed by atoms with Crippen molar-refractivity contribution >= 4 is 5.97 Å². The van der Waals surface area contributed by atoms with Gasteiger partial charge < -0.3 is 14.7 Å². The molecular formula is C11H19NO3. The maximum Gasteiger partial charge on any atom is 0.303 e. The summed E-state index contributed by atoms with van der Waals surface area (Å²) in [7, 11) is 0. The van der Waals surface area contributed by atoms with E-state index in [2.05, 4.69) is 4.90 Å². The molecular weight excluding hydrogens is 194 g/mol. The highest BCUT2D eigenvalue weighted by atomic mass is 16.5. The molecule has 0 bridgehead atoms. The Kier molecular flexibility index (Phi) is 3.26. The Hall–Kier alpha value is -0.610. The number of rotatable bonds is 4. The van der Waals surface area contributed by atoms with Crippen LogP contribution in [0, 0.1) is 5.41 Å². The minimum absolute atomic E-state index is 0.0934. The normalized spacial score (nSPS) is 25.9. The van der Waals surface area contributed by atoms with Crippen molar-refractivity contribution in [3.8, 4) is 0 Å². The van der Waals surface area contributed by atoms with E-state index in [1.165, 1.54) is 0 Å². The van der Waals surface area contributed by atoms with Crippen LogP contribution in [0.25, 0.3) is 0 Å². The summed E-state index contributed by atoms with van der Waals surface area (Å²) in [5.74, 6) is -0.654. The van der Waals surface area contributed by atoms with Gasteiger partial charge in [0.15, 0.2) is 0 Å². The molecule has 0 radical (unpaired) electrons. The van der Waals surface area contributed by atoms with E-state index in [1.807, 2.05) is 0 Å². The van der Waals surface area contributed by atoms with Crippen molar-refractivity contribution in [2.45, 2.75) is 25.7 Å². The molecule has 0 atom stereocenters. The largest absolute Gasteiger partial charge is 0.481 e. The second-order valence-corrected chi connectivity index (χ2v) is 4.81. The van der Waals surface area contributed by atoms with Gasteiger partial charge in [0.25, 0.3) is 0 Å². The standard InChI is InChI=1S/C11H19NO3/c13-10(14)8-11(2-3-11)9-12-4-1-6-15-7-5-12/h1-9H2,(H,13,14). The fourth-order valence-electron chi connectivity index (χ4n) is 2.32. The summed E-state index contributed by atoms with van der Waals surface area (Å²) in [6, 6.07) is 0. The van der Waals surface area contributed by atoms with Gasteiger partial charge in [-0.3, -0.25) is 4.79 Å². The van der Waals surface area contributed by atoms with Gasteiger partial charge in [-0.15, -0.1) is 0 Å². The summed E-state index contributed by atoms with van der Waals surface area (Å²) in [5, 5.41) is 8.83. The van der Waals surface area contributed by atoms with E-state index in [1.54, 1.807) is 0 Å². The van der Waals surface area contributed by atoms with E-state index in [-0.39, 0.29) is 5.41 Å².